The van der Waals surface area contributed by atoms with Gasteiger partial charge >= 0.3 is 0 Å². The number of aromatic nitrogens is 1. The summed E-state index contributed by atoms with van der Waals surface area (Å²) in [6.07, 6.45) is 4.32. The fourth-order valence-electron chi connectivity index (χ4n) is 3.53. The van der Waals surface area contributed by atoms with Gasteiger partial charge in [0.2, 0.25) is 0 Å². The van der Waals surface area contributed by atoms with Crippen LogP contribution in [0, 0.1) is 0 Å². The van der Waals surface area contributed by atoms with E-state index in [1.807, 2.05) is 0 Å². The molecule has 0 unspecified atom stereocenters. The third kappa shape index (κ3) is 4.29. The van der Waals surface area contributed by atoms with Crippen molar-refractivity contribution >= 4 is 75.4 Å². The van der Waals surface area contributed by atoms with E-state index in [4.69, 9.17) is 35.4 Å². The average molecular weight is 482 g/mol. The molecule has 0 radical (unpaired) electrons. The van der Waals surface area contributed by atoms with Crippen molar-refractivity contribution in [2.45, 2.75) is 37.7 Å². The van der Waals surface area contributed by atoms with E-state index in [0.717, 1.165) is 30.7 Å². The fourth-order valence-corrected chi connectivity index (χ4v) is 5.32. The summed E-state index contributed by atoms with van der Waals surface area (Å²) >= 11 is 18.8. The number of nitrogens with one attached hydrogen (secondary N) is 1. The first-order valence-corrected chi connectivity index (χ1v) is 11.3. The molecule has 1 aliphatic heterocycles. The Labute approximate surface area is 192 Å². The summed E-state index contributed by atoms with van der Waals surface area (Å²) in [6, 6.07) is 6.58. The van der Waals surface area contributed by atoms with E-state index >= 15 is 0 Å². The van der Waals surface area contributed by atoms with Gasteiger partial charge in [0.05, 0.1) is 21.7 Å². The van der Waals surface area contributed by atoms with Gasteiger partial charge in [-0.2, -0.15) is 0 Å². The van der Waals surface area contributed by atoms with Crippen molar-refractivity contribution in [1.29, 1.82) is 0 Å². The Morgan fingerprint density at radius 2 is 1.83 bits per heavy atom. The van der Waals surface area contributed by atoms with E-state index in [1.54, 1.807) is 24.3 Å². The van der Waals surface area contributed by atoms with Gasteiger partial charge in [-0.05, 0) is 68.2 Å². The lowest BCUT2D eigenvalue weighted by Crippen LogP contribution is -2.54. The SMILES string of the molecule is O=C1NC(=S)N(c2ccc(Cl)cc2)C(=O)C1=Cc1sc(C2CCC(O)CC2)nc1Cl. The molecule has 4 rings (SSSR count). The van der Waals surface area contributed by atoms with Crippen LogP contribution < -0.4 is 10.2 Å². The quantitative estimate of drug-likeness (QED) is 0.387. The van der Waals surface area contributed by atoms with Gasteiger partial charge in [0, 0.05) is 10.9 Å². The number of aliphatic hydroxyl groups is 1. The number of amides is 2. The van der Waals surface area contributed by atoms with Crippen LogP contribution in [0.15, 0.2) is 29.8 Å². The van der Waals surface area contributed by atoms with Crippen LogP contribution in [0.4, 0.5) is 5.69 Å². The minimum absolute atomic E-state index is 0.00123. The first-order chi connectivity index (χ1) is 14.3. The van der Waals surface area contributed by atoms with E-state index in [9.17, 15) is 14.7 Å². The highest BCUT2D eigenvalue weighted by Gasteiger charge is 2.35. The van der Waals surface area contributed by atoms with Gasteiger partial charge in [0.15, 0.2) is 5.11 Å². The third-order valence-electron chi connectivity index (χ3n) is 5.13. The number of carbonyl (C=O) groups is 2. The molecule has 30 heavy (non-hydrogen) atoms. The molecule has 1 aromatic carbocycles. The molecule has 2 N–H and O–H groups in total. The smallest absolute Gasteiger partial charge is 0.270 e. The Bertz CT molecular complexity index is 1040. The first-order valence-electron chi connectivity index (χ1n) is 9.35. The van der Waals surface area contributed by atoms with E-state index in [-0.39, 0.29) is 27.9 Å². The monoisotopic (exact) mass is 481 g/mol. The Kier molecular flexibility index (Phi) is 6.22. The Hall–Kier alpha value is -1.84. The van der Waals surface area contributed by atoms with Crippen LogP contribution in [0.1, 0.15) is 41.5 Å². The molecule has 1 aliphatic carbocycles. The lowest BCUT2D eigenvalue weighted by molar-refractivity contribution is -0.122. The van der Waals surface area contributed by atoms with Crippen molar-refractivity contribution in [3.05, 3.63) is 49.9 Å². The molecule has 2 aromatic rings. The van der Waals surface area contributed by atoms with Crippen molar-refractivity contribution in [2.24, 2.45) is 0 Å². The molecule has 0 atom stereocenters. The summed E-state index contributed by atoms with van der Waals surface area (Å²) in [7, 11) is 0. The van der Waals surface area contributed by atoms with E-state index in [2.05, 4.69) is 10.3 Å². The highest BCUT2D eigenvalue weighted by atomic mass is 35.5. The van der Waals surface area contributed by atoms with Gasteiger partial charge in [-0.25, -0.2) is 4.98 Å². The number of anilines is 1. The topological polar surface area (TPSA) is 82.5 Å². The average Bonchev–Trinajstić information content (AvgIpc) is 3.07. The second-order valence-corrected chi connectivity index (χ2v) is 9.39. The van der Waals surface area contributed by atoms with Gasteiger partial charge in [0.1, 0.15) is 10.7 Å². The zero-order chi connectivity index (χ0) is 21.4. The summed E-state index contributed by atoms with van der Waals surface area (Å²) in [5.74, 6) is -0.906. The van der Waals surface area contributed by atoms with Crippen molar-refractivity contribution in [3.8, 4) is 0 Å². The van der Waals surface area contributed by atoms with Crippen LogP contribution in [0.25, 0.3) is 6.08 Å². The number of thiocarbonyl (C=S) groups is 1. The van der Waals surface area contributed by atoms with Gasteiger partial charge in [0.25, 0.3) is 11.8 Å². The zero-order valence-corrected chi connectivity index (χ0v) is 18.7. The molecule has 0 bridgehead atoms. The fraction of sp³-hybridized carbons (Fsp3) is 0.300. The summed E-state index contributed by atoms with van der Waals surface area (Å²) in [4.78, 5) is 31.8. The summed E-state index contributed by atoms with van der Waals surface area (Å²) in [5.41, 5.74) is 0.423. The number of halogens is 2. The van der Waals surface area contributed by atoms with Crippen molar-refractivity contribution in [3.63, 3.8) is 0 Å². The first kappa shape index (κ1) is 21.4. The third-order valence-corrected chi connectivity index (χ3v) is 7.24. The number of nitrogens with zero attached hydrogens (tertiary/aromatic N) is 2. The number of aliphatic hydroxyl groups excluding tert-OH is 1. The Balaban J connectivity index is 1.63. The lowest BCUT2D eigenvalue weighted by atomic mass is 9.88. The minimum atomic E-state index is -0.581. The highest BCUT2D eigenvalue weighted by Crippen LogP contribution is 2.38. The molecule has 1 saturated carbocycles. The van der Waals surface area contributed by atoms with Gasteiger partial charge in [-0.1, -0.05) is 23.2 Å². The molecule has 1 aromatic heterocycles. The number of benzene rings is 1. The van der Waals surface area contributed by atoms with Crippen LogP contribution in [-0.2, 0) is 9.59 Å². The number of hydrogen-bond acceptors (Lipinski definition) is 6. The lowest BCUT2D eigenvalue weighted by Gasteiger charge is -2.28. The summed E-state index contributed by atoms with van der Waals surface area (Å²) in [5, 5.41) is 13.9. The van der Waals surface area contributed by atoms with Gasteiger partial charge in [-0.3, -0.25) is 19.8 Å². The number of rotatable bonds is 3. The van der Waals surface area contributed by atoms with Crippen molar-refractivity contribution < 1.29 is 14.7 Å². The molecule has 2 aliphatic rings. The maximum Gasteiger partial charge on any atom is 0.270 e. The zero-order valence-electron chi connectivity index (χ0n) is 15.6. The number of hydrogen-bond donors (Lipinski definition) is 2. The number of carbonyl (C=O) groups excluding carboxylic acids is 2. The van der Waals surface area contributed by atoms with Crippen LogP contribution >= 0.6 is 46.8 Å². The van der Waals surface area contributed by atoms with Crippen molar-refractivity contribution in [1.82, 2.24) is 10.3 Å². The maximum absolute atomic E-state index is 13.1. The van der Waals surface area contributed by atoms with Crippen LogP contribution in [0.2, 0.25) is 10.2 Å². The maximum atomic E-state index is 13.1. The molecule has 6 nitrogen and oxygen atoms in total. The summed E-state index contributed by atoms with van der Waals surface area (Å²) in [6.45, 7) is 0. The van der Waals surface area contributed by atoms with Gasteiger partial charge in [-0.15, -0.1) is 11.3 Å². The minimum Gasteiger partial charge on any atom is -0.393 e. The summed E-state index contributed by atoms with van der Waals surface area (Å²) < 4.78 is 0. The molecular weight excluding hydrogens is 465 g/mol. The molecule has 2 heterocycles. The molecular formula is C20H17Cl2N3O3S2. The Morgan fingerprint density at radius 1 is 1.17 bits per heavy atom. The van der Waals surface area contributed by atoms with Gasteiger partial charge < -0.3 is 5.11 Å². The normalized spacial score (nSPS) is 23.8. The van der Waals surface area contributed by atoms with E-state index < -0.39 is 11.8 Å². The molecule has 1 saturated heterocycles. The van der Waals surface area contributed by atoms with Crippen LogP contribution in [0.5, 0.6) is 0 Å². The van der Waals surface area contributed by atoms with E-state index in [0.29, 0.717) is 15.6 Å². The van der Waals surface area contributed by atoms with Crippen LogP contribution in [0.3, 0.4) is 0 Å². The van der Waals surface area contributed by atoms with Crippen LogP contribution in [-0.4, -0.2) is 33.1 Å². The molecule has 2 fully saturated rings. The largest absolute Gasteiger partial charge is 0.393 e. The second kappa shape index (κ2) is 8.72. The predicted molar refractivity (Wildman–Crippen MR) is 122 cm³/mol. The predicted octanol–water partition coefficient (Wildman–Crippen LogP) is 4.30. The standard InChI is InChI=1S/C20H17Cl2N3O3S2/c21-11-3-5-12(6-4-11)25-19(28)14(17(27)24-20(25)29)9-15-16(22)23-18(30-15)10-1-7-13(26)8-2-10/h3-6,9-10,13,26H,1-2,7-8H2,(H,24,27,29). The second-order valence-electron chi connectivity index (χ2n) is 7.15. The van der Waals surface area contributed by atoms with Crippen molar-refractivity contribution in [2.75, 3.05) is 4.90 Å². The molecule has 2 amide bonds. The molecule has 0 spiro atoms. The molecule has 10 heteroatoms. The number of thiazole rings is 1. The van der Waals surface area contributed by atoms with E-state index in [1.165, 1.54) is 22.3 Å². The molecule has 156 valence electrons. The highest BCUT2D eigenvalue weighted by molar-refractivity contribution is 7.80. The Morgan fingerprint density at radius 3 is 2.50 bits per heavy atom.